The number of carbonyl (C=O) groups is 2. The summed E-state index contributed by atoms with van der Waals surface area (Å²) in [5.41, 5.74) is 5.35. The highest BCUT2D eigenvalue weighted by Gasteiger charge is 2.40. The first-order chi connectivity index (χ1) is 12.6. The van der Waals surface area contributed by atoms with Gasteiger partial charge in [-0.3, -0.25) is 9.59 Å². The van der Waals surface area contributed by atoms with Crippen molar-refractivity contribution in [2.24, 2.45) is 5.92 Å². The van der Waals surface area contributed by atoms with Crippen LogP contribution in [-0.2, 0) is 23.8 Å². The Morgan fingerprint density at radius 3 is 2.70 bits per heavy atom. The van der Waals surface area contributed by atoms with Crippen LogP contribution >= 0.6 is 11.3 Å². The summed E-state index contributed by atoms with van der Waals surface area (Å²) in [4.78, 5) is 27.0. The molecule has 1 aliphatic rings. The Kier molecular flexibility index (Phi) is 5.02. The molecule has 0 aromatic carbocycles. The standard InChI is InChI=1S/C17H18F3N3O3S/c1-2-7-3-4-9-8(5-7)12(17(18,19)20)11-13(21)14(27-16(11)23-9)15(26)22-6-10(24)25/h7H,2-6,21H2,1H3,(H,22,26)(H,24,25)/t7-/m0/s1. The van der Waals surface area contributed by atoms with Gasteiger partial charge < -0.3 is 16.2 Å². The molecule has 1 aliphatic carbocycles. The number of aryl methyl sites for hydroxylation is 1. The van der Waals surface area contributed by atoms with Gasteiger partial charge in [0.1, 0.15) is 16.3 Å². The number of hydrogen-bond donors (Lipinski definition) is 3. The number of hydrogen-bond acceptors (Lipinski definition) is 5. The lowest BCUT2D eigenvalue weighted by Crippen LogP contribution is -2.29. The zero-order valence-corrected chi connectivity index (χ0v) is 15.3. The van der Waals surface area contributed by atoms with Crippen molar-refractivity contribution in [3.8, 4) is 0 Å². The number of rotatable bonds is 4. The molecule has 0 fully saturated rings. The summed E-state index contributed by atoms with van der Waals surface area (Å²) in [6.45, 7) is 1.29. The largest absolute Gasteiger partial charge is 0.480 e. The van der Waals surface area contributed by atoms with Crippen LogP contribution in [0, 0.1) is 5.92 Å². The molecule has 1 atom stereocenters. The van der Waals surface area contributed by atoms with Gasteiger partial charge in [-0.15, -0.1) is 11.3 Å². The second-order valence-electron chi connectivity index (χ2n) is 6.53. The Morgan fingerprint density at radius 1 is 1.41 bits per heavy atom. The molecule has 4 N–H and O–H groups in total. The minimum Gasteiger partial charge on any atom is -0.480 e. The number of carbonyl (C=O) groups excluding carboxylic acids is 1. The Morgan fingerprint density at radius 2 is 2.11 bits per heavy atom. The third-order valence-electron chi connectivity index (χ3n) is 4.81. The molecule has 1 amide bonds. The quantitative estimate of drug-likeness (QED) is 0.730. The van der Waals surface area contributed by atoms with E-state index in [1.807, 2.05) is 6.92 Å². The molecule has 2 aromatic rings. The van der Waals surface area contributed by atoms with Gasteiger partial charge in [-0.1, -0.05) is 13.3 Å². The van der Waals surface area contributed by atoms with E-state index in [1.165, 1.54) is 0 Å². The molecule has 3 rings (SSSR count). The normalized spacial score (nSPS) is 17.0. The predicted octanol–water partition coefficient (Wildman–Crippen LogP) is 3.23. The summed E-state index contributed by atoms with van der Waals surface area (Å²) >= 11 is 0.752. The number of thiophene rings is 1. The summed E-state index contributed by atoms with van der Waals surface area (Å²) in [6.07, 6.45) is -2.36. The highest BCUT2D eigenvalue weighted by molar-refractivity contribution is 7.21. The van der Waals surface area contributed by atoms with E-state index >= 15 is 0 Å². The Hall–Kier alpha value is -2.36. The van der Waals surface area contributed by atoms with Gasteiger partial charge in [-0.2, -0.15) is 13.2 Å². The molecule has 0 saturated carbocycles. The first-order valence-corrected chi connectivity index (χ1v) is 9.26. The van der Waals surface area contributed by atoms with Crippen LogP contribution in [0.15, 0.2) is 0 Å². The SMILES string of the molecule is CC[C@H]1CCc2nc3sc(C(=O)NCC(=O)O)c(N)c3c(C(F)(F)F)c2C1. The molecule has 0 radical (unpaired) electrons. The molecule has 0 unspecified atom stereocenters. The van der Waals surface area contributed by atoms with Gasteiger partial charge >= 0.3 is 12.1 Å². The lowest BCUT2D eigenvalue weighted by atomic mass is 9.82. The van der Waals surface area contributed by atoms with Crippen molar-refractivity contribution in [3.63, 3.8) is 0 Å². The van der Waals surface area contributed by atoms with E-state index in [-0.39, 0.29) is 38.7 Å². The summed E-state index contributed by atoms with van der Waals surface area (Å²) in [6, 6.07) is 0. The third kappa shape index (κ3) is 3.58. The van der Waals surface area contributed by atoms with Crippen molar-refractivity contribution >= 4 is 39.1 Å². The number of alkyl halides is 3. The first kappa shape index (κ1) is 19.4. The topological polar surface area (TPSA) is 105 Å². The Bertz CT molecular complexity index is 924. The van der Waals surface area contributed by atoms with Crippen LogP contribution in [0.2, 0.25) is 0 Å². The molecule has 2 aromatic heterocycles. The van der Waals surface area contributed by atoms with Crippen molar-refractivity contribution in [2.75, 3.05) is 12.3 Å². The molecule has 6 nitrogen and oxygen atoms in total. The van der Waals surface area contributed by atoms with E-state index in [1.54, 1.807) is 0 Å². The fourth-order valence-electron chi connectivity index (χ4n) is 3.46. The van der Waals surface area contributed by atoms with E-state index in [4.69, 9.17) is 10.8 Å². The second-order valence-corrected chi connectivity index (χ2v) is 7.53. The number of nitrogen functional groups attached to an aromatic ring is 1. The van der Waals surface area contributed by atoms with Crippen LogP contribution in [0.3, 0.4) is 0 Å². The molecule has 146 valence electrons. The van der Waals surface area contributed by atoms with E-state index in [9.17, 15) is 22.8 Å². The number of pyridine rings is 1. The minimum absolute atomic E-state index is 0.0500. The summed E-state index contributed by atoms with van der Waals surface area (Å²) < 4.78 is 41.8. The summed E-state index contributed by atoms with van der Waals surface area (Å²) in [5.74, 6) is -1.94. The van der Waals surface area contributed by atoms with Crippen LogP contribution in [0.4, 0.5) is 18.9 Å². The highest BCUT2D eigenvalue weighted by Crippen LogP contribution is 2.46. The van der Waals surface area contributed by atoms with Crippen LogP contribution in [0.25, 0.3) is 10.2 Å². The number of nitrogens with zero attached hydrogens (tertiary/aromatic N) is 1. The van der Waals surface area contributed by atoms with E-state index < -0.39 is 30.2 Å². The molecule has 0 aliphatic heterocycles. The Labute approximate surface area is 156 Å². The van der Waals surface area contributed by atoms with Gasteiger partial charge in [0.2, 0.25) is 0 Å². The average molecular weight is 401 g/mol. The van der Waals surface area contributed by atoms with Crippen LogP contribution in [-0.4, -0.2) is 28.5 Å². The summed E-state index contributed by atoms with van der Waals surface area (Å²) in [5, 5.41) is 10.5. The van der Waals surface area contributed by atoms with Crippen molar-refractivity contribution < 1.29 is 27.9 Å². The molecular weight excluding hydrogens is 383 g/mol. The number of anilines is 1. The molecule has 0 saturated heterocycles. The Balaban J connectivity index is 2.19. The average Bonchev–Trinajstić information content (AvgIpc) is 2.92. The van der Waals surface area contributed by atoms with Crippen LogP contribution < -0.4 is 11.1 Å². The minimum atomic E-state index is -4.63. The van der Waals surface area contributed by atoms with Crippen molar-refractivity contribution in [1.29, 1.82) is 0 Å². The molecule has 0 spiro atoms. The van der Waals surface area contributed by atoms with Gasteiger partial charge in [0.25, 0.3) is 5.91 Å². The fraction of sp³-hybridized carbons (Fsp3) is 0.471. The third-order valence-corrected chi connectivity index (χ3v) is 5.91. The van der Waals surface area contributed by atoms with Crippen molar-refractivity contribution in [2.45, 2.75) is 38.8 Å². The van der Waals surface area contributed by atoms with Crippen molar-refractivity contribution in [1.82, 2.24) is 10.3 Å². The molecule has 10 heteroatoms. The van der Waals surface area contributed by atoms with Gasteiger partial charge in [0.05, 0.1) is 11.3 Å². The number of aromatic nitrogens is 1. The number of nitrogens with two attached hydrogens (primary N) is 1. The lowest BCUT2D eigenvalue weighted by molar-refractivity contribution is -0.137. The first-order valence-electron chi connectivity index (χ1n) is 8.44. The summed E-state index contributed by atoms with van der Waals surface area (Å²) in [7, 11) is 0. The number of nitrogens with one attached hydrogen (secondary N) is 1. The molecule has 2 heterocycles. The van der Waals surface area contributed by atoms with Gasteiger partial charge in [-0.25, -0.2) is 4.98 Å². The van der Waals surface area contributed by atoms with Crippen molar-refractivity contribution in [3.05, 3.63) is 21.7 Å². The monoisotopic (exact) mass is 401 g/mol. The number of aliphatic carboxylic acids is 1. The van der Waals surface area contributed by atoms with E-state index in [0.29, 0.717) is 12.1 Å². The van der Waals surface area contributed by atoms with Gasteiger partial charge in [0, 0.05) is 11.1 Å². The highest BCUT2D eigenvalue weighted by atomic mass is 32.1. The van der Waals surface area contributed by atoms with E-state index in [2.05, 4.69) is 10.3 Å². The lowest BCUT2D eigenvalue weighted by Gasteiger charge is -2.26. The maximum absolute atomic E-state index is 13.9. The van der Waals surface area contributed by atoms with Gasteiger partial charge in [0.15, 0.2) is 0 Å². The zero-order valence-electron chi connectivity index (χ0n) is 14.4. The fourth-order valence-corrected chi connectivity index (χ4v) is 4.50. The molecule has 0 bridgehead atoms. The maximum Gasteiger partial charge on any atom is 0.417 e. The number of carboxylic acid groups (broad SMARTS) is 1. The number of halogens is 3. The maximum atomic E-state index is 13.9. The van der Waals surface area contributed by atoms with Gasteiger partial charge in [-0.05, 0) is 30.7 Å². The second kappa shape index (κ2) is 6.99. The number of fused-ring (bicyclic) bond motifs is 2. The smallest absolute Gasteiger partial charge is 0.417 e. The number of carboxylic acids is 1. The van der Waals surface area contributed by atoms with Crippen LogP contribution in [0.1, 0.15) is 46.3 Å². The number of amides is 1. The zero-order chi connectivity index (χ0) is 19.9. The molecular formula is C17H18F3N3O3S. The van der Waals surface area contributed by atoms with Crippen LogP contribution in [0.5, 0.6) is 0 Å². The van der Waals surface area contributed by atoms with E-state index in [0.717, 1.165) is 24.2 Å². The molecule has 27 heavy (non-hydrogen) atoms. The predicted molar refractivity (Wildman–Crippen MR) is 94.8 cm³/mol.